The van der Waals surface area contributed by atoms with Gasteiger partial charge >= 0.3 is 0 Å². The number of aliphatic hydroxyl groups is 1. The number of hydrogen-bond donors (Lipinski definition) is 2. The third kappa shape index (κ3) is 2.95. The number of carbonyl (C=O) groups excluding carboxylic acids is 1. The topological polar surface area (TPSA) is 71.7 Å². The Balaban J connectivity index is 2.20. The van der Waals surface area contributed by atoms with E-state index in [0.717, 1.165) is 5.56 Å². The van der Waals surface area contributed by atoms with Crippen molar-refractivity contribution in [2.75, 3.05) is 12.4 Å². The van der Waals surface area contributed by atoms with Crippen LogP contribution in [0.1, 0.15) is 21.9 Å². The molecule has 0 spiro atoms. The summed E-state index contributed by atoms with van der Waals surface area (Å²) < 4.78 is 10.3. The molecule has 0 aliphatic heterocycles. The monoisotopic (exact) mass is 261 g/mol. The Labute approximate surface area is 110 Å². The third-order valence-corrected chi connectivity index (χ3v) is 2.64. The summed E-state index contributed by atoms with van der Waals surface area (Å²) in [5, 5.41) is 11.6. The van der Waals surface area contributed by atoms with Crippen molar-refractivity contribution in [1.29, 1.82) is 0 Å². The summed E-state index contributed by atoms with van der Waals surface area (Å²) in [5.41, 5.74) is 1.58. The molecule has 0 saturated carbocycles. The van der Waals surface area contributed by atoms with E-state index >= 15 is 0 Å². The molecule has 0 aliphatic carbocycles. The first kappa shape index (κ1) is 13.2. The molecule has 0 atom stereocenters. The minimum Gasteiger partial charge on any atom is -0.495 e. The first-order valence-corrected chi connectivity index (χ1v) is 5.79. The van der Waals surface area contributed by atoms with E-state index in [1.54, 1.807) is 12.1 Å². The molecule has 0 aliphatic rings. The van der Waals surface area contributed by atoms with Crippen LogP contribution < -0.4 is 10.1 Å². The molecule has 0 bridgehead atoms. The van der Waals surface area contributed by atoms with Gasteiger partial charge < -0.3 is 19.6 Å². The second-order valence-electron chi connectivity index (χ2n) is 4.08. The van der Waals surface area contributed by atoms with Crippen molar-refractivity contribution < 1.29 is 19.1 Å². The van der Waals surface area contributed by atoms with Crippen molar-refractivity contribution >= 4 is 11.6 Å². The summed E-state index contributed by atoms with van der Waals surface area (Å²) in [7, 11) is 1.54. The summed E-state index contributed by atoms with van der Waals surface area (Å²) in [6, 6.07) is 8.57. The molecule has 5 nitrogen and oxygen atoms in total. The van der Waals surface area contributed by atoms with Gasteiger partial charge in [0.1, 0.15) is 18.1 Å². The summed E-state index contributed by atoms with van der Waals surface area (Å²) in [4.78, 5) is 12.0. The van der Waals surface area contributed by atoms with Crippen LogP contribution in [-0.4, -0.2) is 18.1 Å². The average Bonchev–Trinajstić information content (AvgIpc) is 2.88. The molecule has 5 heteroatoms. The van der Waals surface area contributed by atoms with E-state index < -0.39 is 0 Å². The van der Waals surface area contributed by atoms with Crippen LogP contribution in [-0.2, 0) is 6.61 Å². The molecule has 19 heavy (non-hydrogen) atoms. The van der Waals surface area contributed by atoms with E-state index in [1.807, 2.05) is 19.1 Å². The lowest BCUT2D eigenvalue weighted by Crippen LogP contribution is -2.11. The van der Waals surface area contributed by atoms with Crippen LogP contribution >= 0.6 is 0 Å². The molecular formula is C14H15NO4. The number of methoxy groups -OCH3 is 1. The fraction of sp³-hybridized carbons (Fsp3) is 0.214. The third-order valence-electron chi connectivity index (χ3n) is 2.64. The van der Waals surface area contributed by atoms with Crippen molar-refractivity contribution in [3.8, 4) is 5.75 Å². The van der Waals surface area contributed by atoms with E-state index in [4.69, 9.17) is 14.3 Å². The number of anilines is 1. The number of aryl methyl sites for hydroxylation is 1. The Bertz CT molecular complexity index is 589. The Morgan fingerprint density at radius 1 is 1.37 bits per heavy atom. The van der Waals surface area contributed by atoms with Crippen LogP contribution in [0.25, 0.3) is 0 Å². The Morgan fingerprint density at radius 3 is 2.79 bits per heavy atom. The van der Waals surface area contributed by atoms with Crippen molar-refractivity contribution in [1.82, 2.24) is 0 Å². The highest BCUT2D eigenvalue weighted by Crippen LogP contribution is 2.25. The summed E-state index contributed by atoms with van der Waals surface area (Å²) in [5.74, 6) is 0.686. The van der Waals surface area contributed by atoms with E-state index in [0.29, 0.717) is 17.2 Å². The van der Waals surface area contributed by atoms with Gasteiger partial charge in [-0.25, -0.2) is 0 Å². The molecule has 1 heterocycles. The van der Waals surface area contributed by atoms with Crippen molar-refractivity contribution in [2.24, 2.45) is 0 Å². The van der Waals surface area contributed by atoms with Crippen LogP contribution in [0, 0.1) is 6.92 Å². The highest BCUT2D eigenvalue weighted by atomic mass is 16.5. The van der Waals surface area contributed by atoms with Gasteiger partial charge in [0.25, 0.3) is 5.91 Å². The second kappa shape index (κ2) is 5.58. The van der Waals surface area contributed by atoms with Gasteiger partial charge in [0.2, 0.25) is 0 Å². The predicted octanol–water partition coefficient (Wildman–Crippen LogP) is 2.34. The van der Waals surface area contributed by atoms with Crippen LogP contribution in [0.15, 0.2) is 34.7 Å². The molecule has 0 unspecified atom stereocenters. The Morgan fingerprint density at radius 2 is 2.16 bits per heavy atom. The van der Waals surface area contributed by atoms with Gasteiger partial charge in [0.15, 0.2) is 5.76 Å². The SMILES string of the molecule is COc1ccc(C)cc1NC(=O)c1ccc(CO)o1. The van der Waals surface area contributed by atoms with Crippen molar-refractivity contribution in [2.45, 2.75) is 13.5 Å². The van der Waals surface area contributed by atoms with Gasteiger partial charge in [-0.05, 0) is 36.8 Å². The van der Waals surface area contributed by atoms with Crippen LogP contribution in [0.4, 0.5) is 5.69 Å². The molecule has 1 aromatic carbocycles. The maximum Gasteiger partial charge on any atom is 0.291 e. The maximum absolute atomic E-state index is 12.0. The molecule has 2 aromatic rings. The highest BCUT2D eigenvalue weighted by Gasteiger charge is 2.13. The normalized spacial score (nSPS) is 10.3. The second-order valence-corrected chi connectivity index (χ2v) is 4.08. The predicted molar refractivity (Wildman–Crippen MR) is 70.3 cm³/mol. The van der Waals surface area contributed by atoms with Crippen LogP contribution in [0.5, 0.6) is 5.75 Å². The number of nitrogens with one attached hydrogen (secondary N) is 1. The van der Waals surface area contributed by atoms with E-state index in [1.165, 1.54) is 13.2 Å². The number of carbonyl (C=O) groups is 1. The largest absolute Gasteiger partial charge is 0.495 e. The van der Waals surface area contributed by atoms with Crippen molar-refractivity contribution in [3.05, 3.63) is 47.4 Å². The lowest BCUT2D eigenvalue weighted by atomic mass is 10.2. The first-order valence-electron chi connectivity index (χ1n) is 5.79. The lowest BCUT2D eigenvalue weighted by molar-refractivity contribution is 0.0991. The quantitative estimate of drug-likeness (QED) is 0.886. The first-order chi connectivity index (χ1) is 9.13. The minimum atomic E-state index is -0.386. The lowest BCUT2D eigenvalue weighted by Gasteiger charge is -2.09. The molecule has 2 rings (SSSR count). The molecule has 0 radical (unpaired) electrons. The number of aliphatic hydroxyl groups excluding tert-OH is 1. The van der Waals surface area contributed by atoms with Crippen molar-refractivity contribution in [3.63, 3.8) is 0 Å². The van der Waals surface area contributed by atoms with Gasteiger partial charge in [0, 0.05) is 0 Å². The smallest absolute Gasteiger partial charge is 0.291 e. The fourth-order valence-corrected chi connectivity index (χ4v) is 1.69. The number of amides is 1. The zero-order valence-electron chi connectivity index (χ0n) is 10.8. The molecule has 100 valence electrons. The van der Waals surface area contributed by atoms with E-state index in [2.05, 4.69) is 5.32 Å². The van der Waals surface area contributed by atoms with Crippen LogP contribution in [0.2, 0.25) is 0 Å². The average molecular weight is 261 g/mol. The van der Waals surface area contributed by atoms with E-state index in [-0.39, 0.29) is 18.3 Å². The van der Waals surface area contributed by atoms with Gasteiger partial charge in [-0.15, -0.1) is 0 Å². The van der Waals surface area contributed by atoms with Gasteiger partial charge in [-0.2, -0.15) is 0 Å². The number of benzene rings is 1. The number of ether oxygens (including phenoxy) is 1. The summed E-state index contributed by atoms with van der Waals surface area (Å²) in [6.07, 6.45) is 0. The Hall–Kier alpha value is -2.27. The van der Waals surface area contributed by atoms with E-state index in [9.17, 15) is 4.79 Å². The van der Waals surface area contributed by atoms with Gasteiger partial charge in [-0.3, -0.25) is 4.79 Å². The fourth-order valence-electron chi connectivity index (χ4n) is 1.69. The molecule has 0 fully saturated rings. The molecule has 0 saturated heterocycles. The maximum atomic E-state index is 12.0. The molecule has 1 aromatic heterocycles. The van der Waals surface area contributed by atoms with Crippen LogP contribution in [0.3, 0.4) is 0 Å². The standard InChI is InChI=1S/C14H15NO4/c1-9-3-5-12(18-2)11(7-9)15-14(17)13-6-4-10(8-16)19-13/h3-7,16H,8H2,1-2H3,(H,15,17). The highest BCUT2D eigenvalue weighted by molar-refractivity contribution is 6.03. The zero-order chi connectivity index (χ0) is 13.8. The summed E-state index contributed by atoms with van der Waals surface area (Å²) >= 11 is 0. The number of hydrogen-bond acceptors (Lipinski definition) is 4. The zero-order valence-corrected chi connectivity index (χ0v) is 10.8. The molecule has 1 amide bonds. The van der Waals surface area contributed by atoms with Gasteiger partial charge in [-0.1, -0.05) is 6.07 Å². The van der Waals surface area contributed by atoms with Gasteiger partial charge in [0.05, 0.1) is 12.8 Å². The molecule has 2 N–H and O–H groups in total. The number of rotatable bonds is 4. The minimum absolute atomic E-state index is 0.146. The molecular weight excluding hydrogens is 246 g/mol. The number of furan rings is 1. The Kier molecular flexibility index (Phi) is 3.87. The summed E-state index contributed by atoms with van der Waals surface area (Å²) in [6.45, 7) is 1.69.